The first-order valence-electron chi connectivity index (χ1n) is 5.11. The van der Waals surface area contributed by atoms with Crippen molar-refractivity contribution in [2.24, 2.45) is 0 Å². The van der Waals surface area contributed by atoms with Gasteiger partial charge < -0.3 is 5.32 Å². The molecule has 0 aromatic carbocycles. The lowest BCUT2D eigenvalue weighted by atomic mass is 10.4. The van der Waals surface area contributed by atoms with Crippen LogP contribution in [0.3, 0.4) is 0 Å². The molecule has 1 N–H and O–H groups in total. The van der Waals surface area contributed by atoms with Crippen molar-refractivity contribution in [1.82, 2.24) is 15.3 Å². The molecule has 1 saturated heterocycles. The molecule has 0 aliphatic carbocycles. The van der Waals surface area contributed by atoms with E-state index in [0.717, 1.165) is 24.2 Å². The average Bonchev–Trinajstić information content (AvgIpc) is 2.32. The van der Waals surface area contributed by atoms with Gasteiger partial charge in [0.05, 0.1) is 6.54 Å². The molecule has 0 amide bonds. The van der Waals surface area contributed by atoms with E-state index in [0.29, 0.717) is 0 Å². The summed E-state index contributed by atoms with van der Waals surface area (Å²) in [5.41, 5.74) is 0. The van der Waals surface area contributed by atoms with Crippen LogP contribution in [0.2, 0.25) is 0 Å². The number of nitrogens with zero attached hydrogens (tertiary/aromatic N) is 2. The molecule has 82 valence electrons. The molecule has 2 heterocycles. The first-order chi connectivity index (χ1) is 7.45. The lowest BCUT2D eigenvalue weighted by Crippen LogP contribution is -2.29. The maximum absolute atomic E-state index is 4.18. The molecule has 2 rings (SSSR count). The molecule has 1 aromatic rings. The Bertz CT molecular complexity index is 275. The van der Waals surface area contributed by atoms with Crippen molar-refractivity contribution in [3.8, 4) is 0 Å². The van der Waals surface area contributed by atoms with Gasteiger partial charge in [0.25, 0.3) is 0 Å². The van der Waals surface area contributed by atoms with Crippen molar-refractivity contribution in [3.63, 3.8) is 0 Å². The Hall–Kier alpha value is -0.260. The second-order valence-corrected chi connectivity index (χ2v) is 5.92. The highest BCUT2D eigenvalue weighted by molar-refractivity contribution is 8.06. The van der Waals surface area contributed by atoms with E-state index in [1.54, 1.807) is 12.4 Å². The topological polar surface area (TPSA) is 37.8 Å². The quantitative estimate of drug-likeness (QED) is 0.863. The predicted molar refractivity (Wildman–Crippen MR) is 67.3 cm³/mol. The Morgan fingerprint density at radius 2 is 2.20 bits per heavy atom. The summed E-state index contributed by atoms with van der Waals surface area (Å²) in [6, 6.07) is 1.84. The van der Waals surface area contributed by atoms with Crippen molar-refractivity contribution in [3.05, 3.63) is 24.3 Å². The minimum atomic E-state index is 0.757. The van der Waals surface area contributed by atoms with Gasteiger partial charge in [-0.25, -0.2) is 9.97 Å². The first-order valence-corrected chi connectivity index (χ1v) is 7.31. The highest BCUT2D eigenvalue weighted by Gasteiger charge is 2.13. The molecule has 0 bridgehead atoms. The maximum Gasteiger partial charge on any atom is 0.141 e. The molecule has 0 saturated carbocycles. The van der Waals surface area contributed by atoms with E-state index in [2.05, 4.69) is 38.8 Å². The Kier molecular flexibility index (Phi) is 4.76. The van der Waals surface area contributed by atoms with Crippen molar-refractivity contribution >= 4 is 23.5 Å². The van der Waals surface area contributed by atoms with Crippen molar-refractivity contribution < 1.29 is 0 Å². The Morgan fingerprint density at radius 3 is 2.93 bits per heavy atom. The molecule has 1 aliphatic rings. The van der Waals surface area contributed by atoms with Crippen molar-refractivity contribution in [1.29, 1.82) is 0 Å². The summed E-state index contributed by atoms with van der Waals surface area (Å²) in [4.78, 5) is 8.35. The molecule has 0 radical (unpaired) electrons. The molecular weight excluding hydrogens is 226 g/mol. The van der Waals surface area contributed by atoms with Crippen LogP contribution in [-0.4, -0.2) is 39.0 Å². The standard InChI is InChI=1S/C10H15N3S2/c1-2-12-10(13-3-1)7-11-6-9-8-14-4-5-15-9/h1-3,9,11H,4-8H2. The fraction of sp³-hybridized carbons (Fsp3) is 0.600. The van der Waals surface area contributed by atoms with Gasteiger partial charge in [0.2, 0.25) is 0 Å². The summed E-state index contributed by atoms with van der Waals surface area (Å²) in [5, 5.41) is 4.17. The third-order valence-electron chi connectivity index (χ3n) is 2.16. The number of thioether (sulfide) groups is 2. The van der Waals surface area contributed by atoms with Gasteiger partial charge >= 0.3 is 0 Å². The van der Waals surface area contributed by atoms with Crippen LogP contribution in [0.25, 0.3) is 0 Å². The monoisotopic (exact) mass is 241 g/mol. The second-order valence-electron chi connectivity index (χ2n) is 3.36. The Morgan fingerprint density at radius 1 is 1.33 bits per heavy atom. The molecule has 1 fully saturated rings. The molecule has 1 aromatic heterocycles. The van der Waals surface area contributed by atoms with E-state index in [-0.39, 0.29) is 0 Å². The molecule has 1 aliphatic heterocycles. The highest BCUT2D eigenvalue weighted by atomic mass is 32.2. The molecule has 15 heavy (non-hydrogen) atoms. The van der Waals surface area contributed by atoms with E-state index in [1.807, 2.05) is 6.07 Å². The summed E-state index contributed by atoms with van der Waals surface area (Å²) in [7, 11) is 0. The second kappa shape index (κ2) is 6.35. The summed E-state index contributed by atoms with van der Waals surface area (Å²) in [5.74, 6) is 4.75. The third kappa shape index (κ3) is 4.01. The molecule has 3 nitrogen and oxygen atoms in total. The molecule has 1 unspecified atom stereocenters. The average molecular weight is 241 g/mol. The van der Waals surface area contributed by atoms with E-state index in [4.69, 9.17) is 0 Å². The molecular formula is C10H15N3S2. The maximum atomic E-state index is 4.18. The number of hydrogen-bond acceptors (Lipinski definition) is 5. The van der Waals surface area contributed by atoms with Crippen molar-refractivity contribution in [2.45, 2.75) is 11.8 Å². The van der Waals surface area contributed by atoms with Gasteiger partial charge in [-0.3, -0.25) is 0 Å². The third-order valence-corrected chi connectivity index (χ3v) is 5.00. The smallest absolute Gasteiger partial charge is 0.141 e. The largest absolute Gasteiger partial charge is 0.309 e. The normalized spacial score (nSPS) is 21.5. The molecule has 1 atom stereocenters. The van der Waals surface area contributed by atoms with E-state index in [1.165, 1.54) is 17.3 Å². The van der Waals surface area contributed by atoms with E-state index in [9.17, 15) is 0 Å². The van der Waals surface area contributed by atoms with Gasteiger partial charge in [0.1, 0.15) is 5.82 Å². The van der Waals surface area contributed by atoms with Crippen molar-refractivity contribution in [2.75, 3.05) is 23.8 Å². The van der Waals surface area contributed by atoms with Gasteiger partial charge in [0.15, 0.2) is 0 Å². The van der Waals surface area contributed by atoms with Gasteiger partial charge in [-0.1, -0.05) is 0 Å². The Labute approximate surface area is 98.9 Å². The zero-order valence-electron chi connectivity index (χ0n) is 8.56. The lowest BCUT2D eigenvalue weighted by molar-refractivity contribution is 0.659. The van der Waals surface area contributed by atoms with Crippen LogP contribution in [0, 0.1) is 0 Å². The van der Waals surface area contributed by atoms with Crippen LogP contribution < -0.4 is 5.32 Å². The SMILES string of the molecule is c1cnc(CNCC2CSCCS2)nc1. The minimum Gasteiger partial charge on any atom is -0.309 e. The molecule has 5 heteroatoms. The van der Waals surface area contributed by atoms with E-state index < -0.39 is 0 Å². The number of nitrogens with one attached hydrogen (secondary N) is 1. The van der Waals surface area contributed by atoms with Crippen LogP contribution in [-0.2, 0) is 6.54 Å². The predicted octanol–water partition coefficient (Wildman–Crippen LogP) is 1.41. The lowest BCUT2D eigenvalue weighted by Gasteiger charge is -2.20. The summed E-state index contributed by atoms with van der Waals surface area (Å²) in [6.07, 6.45) is 3.57. The van der Waals surface area contributed by atoms with Crippen LogP contribution in [0.5, 0.6) is 0 Å². The van der Waals surface area contributed by atoms with Gasteiger partial charge in [0, 0.05) is 41.4 Å². The fourth-order valence-electron chi connectivity index (χ4n) is 1.42. The van der Waals surface area contributed by atoms with Gasteiger partial charge in [-0.15, -0.1) is 0 Å². The van der Waals surface area contributed by atoms with E-state index >= 15 is 0 Å². The zero-order valence-corrected chi connectivity index (χ0v) is 10.2. The van der Waals surface area contributed by atoms with Crippen LogP contribution in [0.15, 0.2) is 18.5 Å². The molecule has 0 spiro atoms. The van der Waals surface area contributed by atoms with Crippen LogP contribution >= 0.6 is 23.5 Å². The fourth-order valence-corrected chi connectivity index (χ4v) is 4.07. The first kappa shape index (κ1) is 11.2. The van der Waals surface area contributed by atoms with Crippen LogP contribution in [0.4, 0.5) is 0 Å². The Balaban J connectivity index is 1.66. The van der Waals surface area contributed by atoms with Gasteiger partial charge in [-0.2, -0.15) is 23.5 Å². The number of rotatable bonds is 4. The van der Waals surface area contributed by atoms with Crippen LogP contribution in [0.1, 0.15) is 5.82 Å². The summed E-state index contributed by atoms with van der Waals surface area (Å²) in [6.45, 7) is 1.85. The summed E-state index contributed by atoms with van der Waals surface area (Å²) < 4.78 is 0. The summed E-state index contributed by atoms with van der Waals surface area (Å²) >= 11 is 4.13. The highest BCUT2D eigenvalue weighted by Crippen LogP contribution is 2.23. The van der Waals surface area contributed by atoms with Gasteiger partial charge in [-0.05, 0) is 6.07 Å². The zero-order chi connectivity index (χ0) is 10.3. The minimum absolute atomic E-state index is 0.757. The number of aromatic nitrogens is 2. The number of hydrogen-bond donors (Lipinski definition) is 1.